The molecule has 2 heterocycles. The number of amides is 1. The minimum absolute atomic E-state index is 0.0654. The van der Waals surface area contributed by atoms with Crippen LogP contribution in [0.15, 0.2) is 12.7 Å². The summed E-state index contributed by atoms with van der Waals surface area (Å²) in [5, 5.41) is 3.90. The van der Waals surface area contributed by atoms with Gasteiger partial charge in [-0.25, -0.2) is 9.67 Å². The zero-order valence-corrected chi connectivity index (χ0v) is 8.54. The SMILES string of the molecule is N[C@@H]1CCCN(C(=O)Cn2cncn2)C1. The number of piperidine rings is 1. The van der Waals surface area contributed by atoms with Crippen LogP contribution in [-0.2, 0) is 11.3 Å². The Morgan fingerprint density at radius 3 is 3.13 bits per heavy atom. The predicted molar refractivity (Wildman–Crippen MR) is 53.8 cm³/mol. The Kier molecular flexibility index (Phi) is 2.96. The first kappa shape index (κ1) is 10.1. The van der Waals surface area contributed by atoms with Gasteiger partial charge in [-0.2, -0.15) is 5.10 Å². The van der Waals surface area contributed by atoms with Crippen LogP contribution in [0, 0.1) is 0 Å². The molecule has 82 valence electrons. The molecule has 15 heavy (non-hydrogen) atoms. The summed E-state index contributed by atoms with van der Waals surface area (Å²) in [6.07, 6.45) is 4.97. The Labute approximate surface area is 88.1 Å². The molecule has 2 N–H and O–H groups in total. The summed E-state index contributed by atoms with van der Waals surface area (Å²) in [5.74, 6) is 0.0654. The second-order valence-corrected chi connectivity index (χ2v) is 3.84. The number of carbonyl (C=O) groups is 1. The first-order chi connectivity index (χ1) is 7.25. The van der Waals surface area contributed by atoms with Crippen molar-refractivity contribution in [3.63, 3.8) is 0 Å². The van der Waals surface area contributed by atoms with E-state index in [2.05, 4.69) is 10.1 Å². The fourth-order valence-corrected chi connectivity index (χ4v) is 1.79. The third kappa shape index (κ3) is 2.53. The minimum Gasteiger partial charge on any atom is -0.340 e. The van der Waals surface area contributed by atoms with Crippen LogP contribution < -0.4 is 5.73 Å². The average Bonchev–Trinajstić information content (AvgIpc) is 2.70. The van der Waals surface area contributed by atoms with Crippen molar-refractivity contribution in [2.75, 3.05) is 13.1 Å². The number of hydrogen-bond acceptors (Lipinski definition) is 4. The number of aromatic nitrogens is 3. The Balaban J connectivity index is 1.90. The van der Waals surface area contributed by atoms with Gasteiger partial charge in [-0.1, -0.05) is 0 Å². The highest BCUT2D eigenvalue weighted by Gasteiger charge is 2.21. The quantitative estimate of drug-likeness (QED) is 0.693. The van der Waals surface area contributed by atoms with Crippen LogP contribution >= 0.6 is 0 Å². The zero-order valence-electron chi connectivity index (χ0n) is 8.54. The van der Waals surface area contributed by atoms with Crippen molar-refractivity contribution in [1.82, 2.24) is 19.7 Å². The van der Waals surface area contributed by atoms with Gasteiger partial charge in [0.1, 0.15) is 19.2 Å². The molecule has 2 rings (SSSR count). The molecule has 1 saturated heterocycles. The van der Waals surface area contributed by atoms with E-state index in [0.29, 0.717) is 6.54 Å². The van der Waals surface area contributed by atoms with Crippen molar-refractivity contribution in [3.05, 3.63) is 12.7 Å². The molecule has 1 aliphatic rings. The fraction of sp³-hybridized carbons (Fsp3) is 0.667. The molecule has 0 bridgehead atoms. The molecule has 0 spiro atoms. The zero-order chi connectivity index (χ0) is 10.7. The first-order valence-electron chi connectivity index (χ1n) is 5.11. The second-order valence-electron chi connectivity index (χ2n) is 3.84. The van der Waals surface area contributed by atoms with Crippen molar-refractivity contribution in [2.45, 2.75) is 25.4 Å². The molecule has 6 nitrogen and oxygen atoms in total. The van der Waals surface area contributed by atoms with Crippen molar-refractivity contribution < 1.29 is 4.79 Å². The Morgan fingerprint density at radius 1 is 1.60 bits per heavy atom. The van der Waals surface area contributed by atoms with Crippen LogP contribution in [0.3, 0.4) is 0 Å². The molecule has 1 atom stereocenters. The third-order valence-corrected chi connectivity index (χ3v) is 2.57. The van der Waals surface area contributed by atoms with E-state index in [-0.39, 0.29) is 18.5 Å². The first-order valence-corrected chi connectivity index (χ1v) is 5.11. The summed E-state index contributed by atoms with van der Waals surface area (Å²) < 4.78 is 1.53. The maximum Gasteiger partial charge on any atom is 0.244 e. The average molecular weight is 209 g/mol. The molecule has 0 saturated carbocycles. The highest BCUT2D eigenvalue weighted by Crippen LogP contribution is 2.08. The molecule has 0 aliphatic carbocycles. The molecule has 1 aliphatic heterocycles. The van der Waals surface area contributed by atoms with Gasteiger partial charge in [-0.05, 0) is 12.8 Å². The Bertz CT molecular complexity index is 323. The molecule has 1 aromatic heterocycles. The number of likely N-dealkylation sites (tertiary alicyclic amines) is 1. The van der Waals surface area contributed by atoms with Crippen molar-refractivity contribution in [1.29, 1.82) is 0 Å². The number of rotatable bonds is 2. The van der Waals surface area contributed by atoms with Gasteiger partial charge in [0.15, 0.2) is 0 Å². The van der Waals surface area contributed by atoms with Crippen LogP contribution in [0.25, 0.3) is 0 Å². The number of nitrogens with zero attached hydrogens (tertiary/aromatic N) is 4. The lowest BCUT2D eigenvalue weighted by atomic mass is 10.1. The van der Waals surface area contributed by atoms with Crippen molar-refractivity contribution >= 4 is 5.91 Å². The van der Waals surface area contributed by atoms with Gasteiger partial charge in [0.05, 0.1) is 0 Å². The van der Waals surface area contributed by atoms with E-state index in [9.17, 15) is 4.79 Å². The summed E-state index contributed by atoms with van der Waals surface area (Å²) in [5.41, 5.74) is 5.81. The molecule has 1 fully saturated rings. The van der Waals surface area contributed by atoms with Crippen LogP contribution in [0.2, 0.25) is 0 Å². The molecular formula is C9H15N5O. The Morgan fingerprint density at radius 2 is 2.47 bits per heavy atom. The number of nitrogens with two attached hydrogens (primary N) is 1. The van der Waals surface area contributed by atoms with Gasteiger partial charge < -0.3 is 10.6 Å². The van der Waals surface area contributed by atoms with Gasteiger partial charge >= 0.3 is 0 Å². The molecule has 1 amide bonds. The standard InChI is InChI=1S/C9H15N5O/c10-8-2-1-3-13(4-8)9(15)5-14-7-11-6-12-14/h6-8H,1-5,10H2/t8-/m1/s1. The van der Waals surface area contributed by atoms with Gasteiger partial charge in [-0.3, -0.25) is 4.79 Å². The fourth-order valence-electron chi connectivity index (χ4n) is 1.79. The van der Waals surface area contributed by atoms with Crippen molar-refractivity contribution in [3.8, 4) is 0 Å². The molecule has 0 radical (unpaired) electrons. The predicted octanol–water partition coefficient (Wildman–Crippen LogP) is -0.772. The maximum absolute atomic E-state index is 11.8. The van der Waals surface area contributed by atoms with Crippen LogP contribution in [0.1, 0.15) is 12.8 Å². The van der Waals surface area contributed by atoms with Gasteiger partial charge in [-0.15, -0.1) is 0 Å². The second kappa shape index (κ2) is 4.39. The summed E-state index contributed by atoms with van der Waals surface area (Å²) in [6.45, 7) is 1.72. The van der Waals surface area contributed by atoms with Crippen molar-refractivity contribution in [2.24, 2.45) is 5.73 Å². The van der Waals surface area contributed by atoms with E-state index in [1.165, 1.54) is 11.0 Å². The van der Waals surface area contributed by atoms with E-state index in [1.807, 2.05) is 0 Å². The minimum atomic E-state index is 0.0654. The van der Waals surface area contributed by atoms with Gasteiger partial charge in [0.25, 0.3) is 0 Å². The molecule has 6 heteroatoms. The topological polar surface area (TPSA) is 77.0 Å². The van der Waals surface area contributed by atoms with Crippen LogP contribution in [0.4, 0.5) is 0 Å². The third-order valence-electron chi connectivity index (χ3n) is 2.57. The molecule has 0 unspecified atom stereocenters. The van der Waals surface area contributed by atoms with Crippen LogP contribution in [-0.4, -0.2) is 44.7 Å². The molecule has 0 aromatic carbocycles. The van der Waals surface area contributed by atoms with E-state index in [0.717, 1.165) is 19.4 Å². The summed E-state index contributed by atoms with van der Waals surface area (Å²) in [7, 11) is 0. The molecular weight excluding hydrogens is 194 g/mol. The lowest BCUT2D eigenvalue weighted by Crippen LogP contribution is -2.46. The van der Waals surface area contributed by atoms with Gasteiger partial charge in [0.2, 0.25) is 5.91 Å². The lowest BCUT2D eigenvalue weighted by Gasteiger charge is -2.30. The molecule has 1 aromatic rings. The number of carbonyl (C=O) groups excluding carboxylic acids is 1. The highest BCUT2D eigenvalue weighted by atomic mass is 16.2. The summed E-state index contributed by atoms with van der Waals surface area (Å²) >= 11 is 0. The maximum atomic E-state index is 11.8. The summed E-state index contributed by atoms with van der Waals surface area (Å²) in [6, 6.07) is 0.124. The van der Waals surface area contributed by atoms with E-state index in [1.54, 1.807) is 11.2 Å². The van der Waals surface area contributed by atoms with Gasteiger partial charge in [0, 0.05) is 19.1 Å². The lowest BCUT2D eigenvalue weighted by molar-refractivity contribution is -0.133. The van der Waals surface area contributed by atoms with E-state index >= 15 is 0 Å². The Hall–Kier alpha value is -1.43. The largest absolute Gasteiger partial charge is 0.340 e. The van der Waals surface area contributed by atoms with Crippen LogP contribution in [0.5, 0.6) is 0 Å². The number of hydrogen-bond donors (Lipinski definition) is 1. The smallest absolute Gasteiger partial charge is 0.244 e. The monoisotopic (exact) mass is 209 g/mol. The highest BCUT2D eigenvalue weighted by molar-refractivity contribution is 5.76. The normalized spacial score (nSPS) is 21.7. The van der Waals surface area contributed by atoms with E-state index in [4.69, 9.17) is 5.73 Å². The summed E-state index contributed by atoms with van der Waals surface area (Å²) in [4.78, 5) is 17.4. The van der Waals surface area contributed by atoms with E-state index < -0.39 is 0 Å².